The number of ether oxygens (including phenoxy) is 2. The van der Waals surface area contributed by atoms with E-state index in [2.05, 4.69) is 5.32 Å². The van der Waals surface area contributed by atoms with Gasteiger partial charge in [0, 0.05) is 31.6 Å². The van der Waals surface area contributed by atoms with Crippen molar-refractivity contribution < 1.29 is 50.5 Å². The van der Waals surface area contributed by atoms with Crippen molar-refractivity contribution in [3.8, 4) is 11.5 Å². The molecule has 17 heteroatoms. The van der Waals surface area contributed by atoms with Crippen LogP contribution in [0.1, 0.15) is 43.7 Å². The summed E-state index contributed by atoms with van der Waals surface area (Å²) in [5.41, 5.74) is -3.54. The highest BCUT2D eigenvalue weighted by Crippen LogP contribution is 2.36. The normalized spacial score (nSPS) is 18.5. The number of amides is 1. The predicted molar refractivity (Wildman–Crippen MR) is 139 cm³/mol. The summed E-state index contributed by atoms with van der Waals surface area (Å²) in [6, 6.07) is 4.25. The minimum Gasteiger partial charge on any atom is -0.492 e. The highest BCUT2D eigenvalue weighted by atomic mass is 19.4. The number of rotatable bonds is 8. The minimum absolute atomic E-state index is 0.00194. The zero-order valence-electron chi connectivity index (χ0n) is 22.7. The number of carbonyl (C=O) groups is 1. The topological polar surface area (TPSA) is 137 Å². The number of hydrogen-bond donors (Lipinski definition) is 1. The van der Waals surface area contributed by atoms with Crippen molar-refractivity contribution in [2.45, 2.75) is 57.0 Å². The number of alkyl halides is 6. The number of nitro groups is 2. The zero-order chi connectivity index (χ0) is 31.9. The smallest absolute Gasteiger partial charge is 0.416 e. The van der Waals surface area contributed by atoms with E-state index in [4.69, 9.17) is 9.47 Å². The molecule has 2 aliphatic heterocycles. The molecule has 0 aromatic heterocycles. The molecule has 2 atom stereocenters. The first kappa shape index (κ1) is 33.4. The molecular weight excluding hydrogens is 594 g/mol. The Labute approximate surface area is 241 Å². The third-order valence-corrected chi connectivity index (χ3v) is 6.70. The van der Waals surface area contributed by atoms with Gasteiger partial charge in [-0.25, -0.2) is 0 Å². The van der Waals surface area contributed by atoms with Crippen LogP contribution in [0, 0.1) is 20.2 Å². The average molecular weight is 623 g/mol. The van der Waals surface area contributed by atoms with Gasteiger partial charge in [0.15, 0.2) is 0 Å². The maximum Gasteiger partial charge on any atom is 0.416 e. The Bertz CT molecular complexity index is 1320. The van der Waals surface area contributed by atoms with Gasteiger partial charge in [0.25, 0.3) is 11.4 Å². The average Bonchev–Trinajstić information content (AvgIpc) is 3.62. The third kappa shape index (κ3) is 9.69. The van der Waals surface area contributed by atoms with Gasteiger partial charge in [-0.15, -0.1) is 0 Å². The molecule has 2 heterocycles. The van der Waals surface area contributed by atoms with Crippen LogP contribution in [0.5, 0.6) is 11.5 Å². The van der Waals surface area contributed by atoms with Gasteiger partial charge in [0.1, 0.15) is 24.7 Å². The molecule has 2 saturated heterocycles. The van der Waals surface area contributed by atoms with Crippen molar-refractivity contribution in [1.29, 1.82) is 0 Å². The van der Waals surface area contributed by atoms with Gasteiger partial charge in [-0.1, -0.05) is 0 Å². The van der Waals surface area contributed by atoms with Gasteiger partial charge in [-0.3, -0.25) is 25.0 Å². The maximum atomic E-state index is 12.8. The molecule has 2 aliphatic rings. The van der Waals surface area contributed by atoms with Crippen molar-refractivity contribution in [2.24, 2.45) is 0 Å². The first-order valence-corrected chi connectivity index (χ1v) is 13.0. The van der Waals surface area contributed by atoms with Crippen LogP contribution in [-0.2, 0) is 17.1 Å². The lowest BCUT2D eigenvalue weighted by molar-refractivity contribution is -0.385. The quantitative estimate of drug-likeness (QED) is 0.223. The first-order valence-electron chi connectivity index (χ1n) is 13.0. The molecule has 0 saturated carbocycles. The van der Waals surface area contributed by atoms with E-state index in [1.165, 1.54) is 6.92 Å². The van der Waals surface area contributed by atoms with Crippen LogP contribution in [0.15, 0.2) is 36.4 Å². The minimum atomic E-state index is -4.71. The molecule has 0 bridgehead atoms. The Kier molecular flexibility index (Phi) is 10.8. The van der Waals surface area contributed by atoms with Gasteiger partial charge in [0.2, 0.25) is 5.91 Å². The van der Waals surface area contributed by atoms with Gasteiger partial charge in [-0.2, -0.15) is 26.3 Å². The van der Waals surface area contributed by atoms with Crippen LogP contribution < -0.4 is 14.8 Å². The molecule has 43 heavy (non-hydrogen) atoms. The van der Waals surface area contributed by atoms with Gasteiger partial charge < -0.3 is 19.7 Å². The molecule has 2 fully saturated rings. The zero-order valence-corrected chi connectivity index (χ0v) is 22.7. The molecule has 11 nitrogen and oxygen atoms in total. The number of non-ortho nitro benzene ring substituents is 2. The maximum absolute atomic E-state index is 12.8. The predicted octanol–water partition coefficient (Wildman–Crippen LogP) is 5.75. The lowest BCUT2D eigenvalue weighted by Crippen LogP contribution is -2.37. The number of halogens is 6. The van der Waals surface area contributed by atoms with Crippen LogP contribution in [0.2, 0.25) is 0 Å². The number of hydrogen-bond acceptors (Lipinski definition) is 8. The second kappa shape index (κ2) is 13.9. The number of nitrogens with one attached hydrogen (secondary N) is 1. The summed E-state index contributed by atoms with van der Waals surface area (Å²) in [6.07, 6.45) is -6.02. The molecule has 236 valence electrons. The van der Waals surface area contributed by atoms with E-state index in [9.17, 15) is 51.4 Å². The van der Waals surface area contributed by atoms with Crippen LogP contribution >= 0.6 is 0 Å². The second-order valence-corrected chi connectivity index (χ2v) is 9.86. The Balaban J connectivity index is 0.000000238. The fourth-order valence-corrected chi connectivity index (χ4v) is 4.58. The van der Waals surface area contributed by atoms with Gasteiger partial charge in [-0.05, 0) is 44.4 Å². The largest absolute Gasteiger partial charge is 0.492 e. The van der Waals surface area contributed by atoms with E-state index < -0.39 is 44.7 Å². The summed E-state index contributed by atoms with van der Waals surface area (Å²) in [5.74, 6) is -0.506. The number of benzene rings is 2. The number of nitrogens with zero attached hydrogens (tertiary/aromatic N) is 3. The summed E-state index contributed by atoms with van der Waals surface area (Å²) in [6.45, 7) is 3.02. The van der Waals surface area contributed by atoms with E-state index in [0.717, 1.165) is 50.1 Å². The lowest BCUT2D eigenvalue weighted by atomic mass is 10.2. The number of nitro benzene ring substituents is 2. The van der Waals surface area contributed by atoms with Crippen molar-refractivity contribution in [3.05, 3.63) is 67.8 Å². The van der Waals surface area contributed by atoms with E-state index in [1.807, 2.05) is 0 Å². The lowest BCUT2D eigenvalue weighted by Gasteiger charge is -2.23. The van der Waals surface area contributed by atoms with Crippen LogP contribution in [0.4, 0.5) is 37.7 Å². The SMILES string of the molecule is CC(=O)N1CCC[C@@H]1COc1cc([N+](=O)[O-])cc(C(F)(F)F)c1.O=[N+]([O-])c1cc(OC[C@H]2CCCN2)cc(C(F)(F)F)c1. The summed E-state index contributed by atoms with van der Waals surface area (Å²) >= 11 is 0. The molecular formula is C26H28F6N4O7. The van der Waals surface area contributed by atoms with E-state index >= 15 is 0 Å². The van der Waals surface area contributed by atoms with Crippen molar-refractivity contribution in [1.82, 2.24) is 10.2 Å². The molecule has 0 radical (unpaired) electrons. The standard InChI is InChI=1S/C14H15F3N2O4.C12H13F3N2O3/c1-9(20)18-4-2-3-11(18)8-23-13-6-10(14(15,16)17)5-12(7-13)19(21)22;13-12(14,15)8-4-10(17(18)19)6-11(5-8)20-7-9-2-1-3-16-9/h5-7,11H,2-4,8H2,1H3;4-6,9,16H,1-3,7H2/t11-;9-/m11/s1. The molecule has 2 aromatic rings. The van der Waals surface area contributed by atoms with Crippen LogP contribution in [0.3, 0.4) is 0 Å². The Morgan fingerprint density at radius 3 is 1.79 bits per heavy atom. The van der Waals surface area contributed by atoms with Crippen molar-refractivity contribution >= 4 is 17.3 Å². The molecule has 0 spiro atoms. The Morgan fingerprint density at radius 1 is 0.860 bits per heavy atom. The van der Waals surface area contributed by atoms with Crippen LogP contribution in [-0.4, -0.2) is 59.0 Å². The Morgan fingerprint density at radius 2 is 1.37 bits per heavy atom. The van der Waals surface area contributed by atoms with Gasteiger partial charge in [0.05, 0.1) is 39.1 Å². The highest BCUT2D eigenvalue weighted by Gasteiger charge is 2.34. The van der Waals surface area contributed by atoms with E-state index in [1.54, 1.807) is 4.90 Å². The van der Waals surface area contributed by atoms with E-state index in [-0.39, 0.29) is 42.7 Å². The molecule has 4 rings (SSSR count). The third-order valence-electron chi connectivity index (χ3n) is 6.70. The summed E-state index contributed by atoms with van der Waals surface area (Å²) < 4.78 is 86.9. The Hall–Kier alpha value is -4.15. The highest BCUT2D eigenvalue weighted by molar-refractivity contribution is 5.73. The fraction of sp³-hybridized carbons (Fsp3) is 0.500. The second-order valence-electron chi connectivity index (χ2n) is 9.86. The van der Waals surface area contributed by atoms with Crippen LogP contribution in [0.25, 0.3) is 0 Å². The number of carbonyl (C=O) groups excluding carboxylic acids is 1. The van der Waals surface area contributed by atoms with Crippen molar-refractivity contribution in [3.63, 3.8) is 0 Å². The summed E-state index contributed by atoms with van der Waals surface area (Å²) in [5, 5.41) is 24.6. The number of likely N-dealkylation sites (tertiary alicyclic amines) is 1. The molecule has 2 aromatic carbocycles. The monoisotopic (exact) mass is 622 g/mol. The molecule has 1 N–H and O–H groups in total. The fourth-order valence-electron chi connectivity index (χ4n) is 4.58. The van der Waals surface area contributed by atoms with Gasteiger partial charge >= 0.3 is 12.4 Å². The summed E-state index contributed by atoms with van der Waals surface area (Å²) in [4.78, 5) is 32.7. The summed E-state index contributed by atoms with van der Waals surface area (Å²) in [7, 11) is 0. The van der Waals surface area contributed by atoms with E-state index in [0.29, 0.717) is 25.1 Å². The molecule has 0 unspecified atom stereocenters. The molecule has 0 aliphatic carbocycles. The first-order chi connectivity index (χ1) is 20.0. The molecule has 1 amide bonds. The van der Waals surface area contributed by atoms with Crippen molar-refractivity contribution in [2.75, 3.05) is 26.3 Å².